The van der Waals surface area contributed by atoms with Crippen LogP contribution >= 0.6 is 15.9 Å². The highest BCUT2D eigenvalue weighted by Gasteiger charge is 2.64. The predicted octanol–water partition coefficient (Wildman–Crippen LogP) is 4.36. The summed E-state index contributed by atoms with van der Waals surface area (Å²) >= 11 is 3.51. The van der Waals surface area contributed by atoms with E-state index in [1.165, 1.54) is 18.3 Å². The van der Waals surface area contributed by atoms with Crippen molar-refractivity contribution in [2.45, 2.75) is 11.5 Å². The Bertz CT molecular complexity index is 1190. The maximum absolute atomic E-state index is 13.9. The van der Waals surface area contributed by atoms with Crippen molar-refractivity contribution in [1.82, 2.24) is 9.88 Å². The molecular weight excluding hydrogens is 461 g/mol. The summed E-state index contributed by atoms with van der Waals surface area (Å²) < 4.78 is 14.4. The van der Waals surface area contributed by atoms with E-state index in [9.17, 15) is 14.0 Å². The molecule has 1 fully saturated rings. The third-order valence-electron chi connectivity index (χ3n) is 6.44. The predicted molar refractivity (Wildman–Crippen MR) is 118 cm³/mol. The van der Waals surface area contributed by atoms with Gasteiger partial charge in [-0.25, -0.2) is 4.39 Å². The van der Waals surface area contributed by atoms with Crippen LogP contribution in [0.4, 0.5) is 10.1 Å². The van der Waals surface area contributed by atoms with Gasteiger partial charge in [0.2, 0.25) is 5.91 Å². The number of carbonyl (C=O) groups excluding carboxylic acids is 2. The smallest absolute Gasteiger partial charge is 0.250 e. The number of Topliss-reactive ketones (excluding diaryl/α,β-unsaturated/α-hetero) is 1. The van der Waals surface area contributed by atoms with Crippen LogP contribution < -0.4 is 5.32 Å². The van der Waals surface area contributed by atoms with Gasteiger partial charge in [-0.3, -0.25) is 19.5 Å². The molecule has 2 aromatic carbocycles. The van der Waals surface area contributed by atoms with E-state index < -0.39 is 11.5 Å². The Kier molecular flexibility index (Phi) is 4.75. The molecule has 2 aliphatic rings. The number of ketones is 1. The molecule has 1 saturated heterocycles. The third kappa shape index (κ3) is 2.95. The fraction of sp³-hybridized carbons (Fsp3) is 0.208. The number of hydrogen-bond acceptors (Lipinski definition) is 4. The molecule has 7 heteroatoms. The third-order valence-corrected chi connectivity index (χ3v) is 6.93. The summed E-state index contributed by atoms with van der Waals surface area (Å²) in [5.41, 5.74) is 1.56. The fourth-order valence-electron chi connectivity index (χ4n) is 5.11. The molecule has 3 heterocycles. The lowest BCUT2D eigenvalue weighted by Gasteiger charge is -2.35. The largest absolute Gasteiger partial charge is 0.324 e. The van der Waals surface area contributed by atoms with Gasteiger partial charge in [-0.15, -0.1) is 0 Å². The van der Waals surface area contributed by atoms with Crippen molar-refractivity contribution in [1.29, 1.82) is 0 Å². The number of aromatic nitrogens is 1. The molecule has 156 valence electrons. The van der Waals surface area contributed by atoms with Crippen molar-refractivity contribution in [3.63, 3.8) is 0 Å². The number of fused-ring (bicyclic) bond motifs is 2. The van der Waals surface area contributed by atoms with Gasteiger partial charge in [0.25, 0.3) is 0 Å². The summed E-state index contributed by atoms with van der Waals surface area (Å²) in [7, 11) is 1.86. The van der Waals surface area contributed by atoms with Crippen LogP contribution in [0.1, 0.15) is 27.4 Å². The van der Waals surface area contributed by atoms with Gasteiger partial charge in [-0.1, -0.05) is 28.1 Å². The van der Waals surface area contributed by atoms with Crippen molar-refractivity contribution in [3.8, 4) is 0 Å². The maximum Gasteiger partial charge on any atom is 0.250 e. The van der Waals surface area contributed by atoms with Crippen LogP contribution in [0.15, 0.2) is 71.5 Å². The number of pyridine rings is 1. The maximum atomic E-state index is 13.9. The molecule has 1 aromatic heterocycles. The lowest BCUT2D eigenvalue weighted by atomic mass is 9.70. The Labute approximate surface area is 187 Å². The van der Waals surface area contributed by atoms with Crippen molar-refractivity contribution in [2.24, 2.45) is 5.92 Å². The number of nitrogens with zero attached hydrogens (tertiary/aromatic N) is 2. The summed E-state index contributed by atoms with van der Waals surface area (Å²) in [4.78, 5) is 33.5. The zero-order valence-corrected chi connectivity index (χ0v) is 18.3. The minimum Gasteiger partial charge on any atom is -0.324 e. The number of rotatable bonds is 3. The molecule has 1 unspecified atom stereocenters. The van der Waals surface area contributed by atoms with Crippen LogP contribution in [0.25, 0.3) is 0 Å². The summed E-state index contributed by atoms with van der Waals surface area (Å²) in [6, 6.07) is 15.2. The van der Waals surface area contributed by atoms with Gasteiger partial charge in [0.1, 0.15) is 11.4 Å². The van der Waals surface area contributed by atoms with E-state index in [-0.39, 0.29) is 23.4 Å². The summed E-state index contributed by atoms with van der Waals surface area (Å²) in [5, 5.41) is 2.98. The van der Waals surface area contributed by atoms with Gasteiger partial charge >= 0.3 is 0 Å². The summed E-state index contributed by atoms with van der Waals surface area (Å²) in [5.74, 6) is -1.73. The number of amides is 1. The number of halogens is 2. The molecule has 31 heavy (non-hydrogen) atoms. The number of benzene rings is 2. The Morgan fingerprint density at radius 1 is 1.23 bits per heavy atom. The van der Waals surface area contributed by atoms with E-state index in [0.717, 1.165) is 15.6 Å². The second-order valence-corrected chi connectivity index (χ2v) is 8.95. The minimum atomic E-state index is -1.18. The van der Waals surface area contributed by atoms with E-state index in [1.807, 2.05) is 30.1 Å². The lowest BCUT2D eigenvalue weighted by Crippen LogP contribution is -2.51. The van der Waals surface area contributed by atoms with E-state index in [2.05, 4.69) is 26.2 Å². The Balaban J connectivity index is 1.74. The topological polar surface area (TPSA) is 62.3 Å². The Morgan fingerprint density at radius 3 is 2.71 bits per heavy atom. The second-order valence-electron chi connectivity index (χ2n) is 8.03. The van der Waals surface area contributed by atoms with Crippen LogP contribution in [0.2, 0.25) is 0 Å². The van der Waals surface area contributed by atoms with Crippen molar-refractivity contribution in [2.75, 3.05) is 18.9 Å². The highest BCUT2D eigenvalue weighted by molar-refractivity contribution is 9.10. The quantitative estimate of drug-likeness (QED) is 0.566. The Hall–Kier alpha value is -2.90. The summed E-state index contributed by atoms with van der Waals surface area (Å²) in [6.07, 6.45) is 3.14. The number of nitrogens with one attached hydrogen (secondary N) is 1. The number of carbonyl (C=O) groups is 2. The van der Waals surface area contributed by atoms with Crippen molar-refractivity contribution in [3.05, 3.63) is 94.0 Å². The SMILES string of the molecule is CN1C[C@H](c2ccc(F)cc2)C(C(=O)c2cccnc2)[C@]12C(=O)Nc1ccc(Br)cc12. The first-order valence-corrected chi connectivity index (χ1v) is 10.7. The first-order chi connectivity index (χ1) is 14.9. The summed E-state index contributed by atoms with van der Waals surface area (Å²) in [6.45, 7) is 0.474. The average molecular weight is 480 g/mol. The molecule has 2 aliphatic heterocycles. The normalized spacial score (nSPS) is 24.9. The van der Waals surface area contributed by atoms with Crippen LogP contribution in [0.3, 0.4) is 0 Å². The first-order valence-electron chi connectivity index (χ1n) is 9.95. The van der Waals surface area contributed by atoms with E-state index >= 15 is 0 Å². The molecule has 3 atom stereocenters. The number of likely N-dealkylation sites (N-methyl/N-ethyl adjacent to an activating group) is 1. The minimum absolute atomic E-state index is 0.158. The zero-order chi connectivity index (χ0) is 21.8. The van der Waals surface area contributed by atoms with Crippen molar-refractivity contribution >= 4 is 33.3 Å². The molecule has 1 amide bonds. The van der Waals surface area contributed by atoms with Crippen molar-refractivity contribution < 1.29 is 14.0 Å². The van der Waals surface area contributed by atoms with Crippen LogP contribution in [-0.2, 0) is 10.3 Å². The number of anilines is 1. The molecule has 1 N–H and O–H groups in total. The van der Waals surface area contributed by atoms with Crippen LogP contribution in [0, 0.1) is 11.7 Å². The number of likely N-dealkylation sites (tertiary alicyclic amines) is 1. The van der Waals surface area contributed by atoms with Gasteiger partial charge in [0, 0.05) is 46.1 Å². The highest BCUT2D eigenvalue weighted by Crippen LogP contribution is 2.55. The average Bonchev–Trinajstić information content (AvgIpc) is 3.24. The Morgan fingerprint density at radius 2 is 2.00 bits per heavy atom. The molecule has 3 aromatic rings. The molecule has 0 saturated carbocycles. The molecule has 0 radical (unpaired) electrons. The van der Waals surface area contributed by atoms with Gasteiger partial charge in [0.15, 0.2) is 5.78 Å². The van der Waals surface area contributed by atoms with Gasteiger partial charge in [0.05, 0.1) is 5.92 Å². The van der Waals surface area contributed by atoms with E-state index in [4.69, 9.17) is 0 Å². The van der Waals surface area contributed by atoms with E-state index in [1.54, 1.807) is 30.5 Å². The molecule has 5 rings (SSSR count). The van der Waals surface area contributed by atoms with Crippen LogP contribution in [0.5, 0.6) is 0 Å². The van der Waals surface area contributed by atoms with Crippen LogP contribution in [-0.4, -0.2) is 35.2 Å². The first kappa shape index (κ1) is 20.0. The van der Waals surface area contributed by atoms with Gasteiger partial charge < -0.3 is 5.32 Å². The molecule has 0 aliphatic carbocycles. The van der Waals surface area contributed by atoms with E-state index in [0.29, 0.717) is 17.8 Å². The monoisotopic (exact) mass is 479 g/mol. The van der Waals surface area contributed by atoms with Gasteiger partial charge in [-0.05, 0) is 55.1 Å². The molecule has 0 bridgehead atoms. The standard InChI is InChI=1S/C24H19BrFN3O2/c1-29-13-18(14-4-7-17(26)8-5-14)21(22(30)15-3-2-10-27-12-15)24(29)19-11-16(25)6-9-20(19)28-23(24)31/h2-12,18,21H,13H2,1H3,(H,28,31)/t18-,21?,24-/m1/s1. The zero-order valence-electron chi connectivity index (χ0n) is 16.7. The molecular formula is C24H19BrFN3O2. The molecule has 5 nitrogen and oxygen atoms in total. The lowest BCUT2D eigenvalue weighted by molar-refractivity contribution is -0.126. The fourth-order valence-corrected chi connectivity index (χ4v) is 5.47. The molecule has 1 spiro atoms. The number of hydrogen-bond donors (Lipinski definition) is 1. The van der Waals surface area contributed by atoms with Gasteiger partial charge in [-0.2, -0.15) is 0 Å². The highest BCUT2D eigenvalue weighted by atomic mass is 79.9. The second kappa shape index (κ2) is 7.35.